The number of nitro benzene ring substituents is 1. The lowest BCUT2D eigenvalue weighted by Gasteiger charge is -2.36. The molecular formula is C19H19F2N3O4. The molecule has 28 heavy (non-hydrogen) atoms. The second-order valence-electron chi connectivity index (χ2n) is 6.37. The molecule has 0 bridgehead atoms. The van der Waals surface area contributed by atoms with Crippen molar-refractivity contribution in [1.29, 1.82) is 0 Å². The standard InChI is InChI=1S/C19H19F2N3O4/c1-28-18-12-16(17(24(26)27)11-15(18)21)22-6-8-23(9-7-22)19(25)10-13-4-2-3-5-14(13)20/h2-5,11-12H,6-10H2,1H3. The van der Waals surface area contributed by atoms with Gasteiger partial charge in [-0.05, 0) is 11.6 Å². The van der Waals surface area contributed by atoms with E-state index in [0.29, 0.717) is 31.7 Å². The molecule has 0 aliphatic carbocycles. The lowest BCUT2D eigenvalue weighted by atomic mass is 10.1. The van der Waals surface area contributed by atoms with Gasteiger partial charge in [0.15, 0.2) is 11.6 Å². The van der Waals surface area contributed by atoms with E-state index in [1.807, 2.05) is 0 Å². The van der Waals surface area contributed by atoms with Crippen molar-refractivity contribution in [3.63, 3.8) is 0 Å². The fraction of sp³-hybridized carbons (Fsp3) is 0.316. The SMILES string of the molecule is COc1cc(N2CCN(C(=O)Cc3ccccc3F)CC2)c([N+](=O)[O-])cc1F. The third-order valence-electron chi connectivity index (χ3n) is 4.72. The Hall–Kier alpha value is -3.23. The molecule has 1 aliphatic rings. The Balaban J connectivity index is 1.71. The number of halogens is 2. The van der Waals surface area contributed by atoms with E-state index in [2.05, 4.69) is 0 Å². The first kappa shape index (κ1) is 19.5. The van der Waals surface area contributed by atoms with Crippen LogP contribution in [-0.2, 0) is 11.2 Å². The average Bonchev–Trinajstić information content (AvgIpc) is 2.69. The number of ether oxygens (including phenoxy) is 1. The van der Waals surface area contributed by atoms with Crippen molar-refractivity contribution in [2.24, 2.45) is 0 Å². The molecule has 148 valence electrons. The Kier molecular flexibility index (Phi) is 5.72. The summed E-state index contributed by atoms with van der Waals surface area (Å²) in [5.74, 6) is -1.53. The van der Waals surface area contributed by atoms with Gasteiger partial charge in [0.2, 0.25) is 5.91 Å². The summed E-state index contributed by atoms with van der Waals surface area (Å²) in [5, 5.41) is 11.3. The molecule has 2 aromatic rings. The Morgan fingerprint density at radius 1 is 1.14 bits per heavy atom. The number of amides is 1. The molecule has 0 unspecified atom stereocenters. The first-order chi connectivity index (χ1) is 13.4. The van der Waals surface area contributed by atoms with Crippen LogP contribution in [-0.4, -0.2) is 49.0 Å². The largest absolute Gasteiger partial charge is 0.494 e. The number of rotatable bonds is 5. The van der Waals surface area contributed by atoms with Gasteiger partial charge >= 0.3 is 0 Å². The number of piperazine rings is 1. The van der Waals surface area contributed by atoms with Crippen molar-refractivity contribution in [2.75, 3.05) is 38.2 Å². The van der Waals surface area contributed by atoms with E-state index >= 15 is 0 Å². The topological polar surface area (TPSA) is 75.9 Å². The van der Waals surface area contributed by atoms with Crippen LogP contribution in [0.25, 0.3) is 0 Å². The molecule has 2 aromatic carbocycles. The fourth-order valence-electron chi connectivity index (χ4n) is 3.20. The lowest BCUT2D eigenvalue weighted by Crippen LogP contribution is -2.49. The highest BCUT2D eigenvalue weighted by atomic mass is 19.1. The molecule has 0 spiro atoms. The molecule has 0 N–H and O–H groups in total. The van der Waals surface area contributed by atoms with E-state index < -0.39 is 16.6 Å². The smallest absolute Gasteiger partial charge is 0.295 e. The Labute approximate surface area is 160 Å². The molecule has 1 fully saturated rings. The molecule has 0 aromatic heterocycles. The molecule has 0 atom stereocenters. The molecule has 3 rings (SSSR count). The van der Waals surface area contributed by atoms with Crippen LogP contribution < -0.4 is 9.64 Å². The molecule has 0 radical (unpaired) electrons. The Bertz CT molecular complexity index is 899. The third kappa shape index (κ3) is 4.03. The summed E-state index contributed by atoms with van der Waals surface area (Å²) in [5.41, 5.74) is 0.211. The number of anilines is 1. The molecule has 0 saturated carbocycles. The Morgan fingerprint density at radius 3 is 2.43 bits per heavy atom. The number of nitrogens with zero attached hydrogens (tertiary/aromatic N) is 3. The zero-order chi connectivity index (χ0) is 20.3. The van der Waals surface area contributed by atoms with E-state index in [4.69, 9.17) is 4.74 Å². The summed E-state index contributed by atoms with van der Waals surface area (Å²) in [4.78, 5) is 26.4. The maximum atomic E-state index is 13.8. The van der Waals surface area contributed by atoms with Gasteiger partial charge in [0.1, 0.15) is 11.5 Å². The summed E-state index contributed by atoms with van der Waals surface area (Å²) in [6, 6.07) is 8.24. The second-order valence-corrected chi connectivity index (χ2v) is 6.37. The van der Waals surface area contributed by atoms with Crippen LogP contribution in [0.1, 0.15) is 5.56 Å². The number of nitro groups is 1. The monoisotopic (exact) mass is 391 g/mol. The number of hydrogen-bond donors (Lipinski definition) is 0. The number of carbonyl (C=O) groups excluding carboxylic acids is 1. The van der Waals surface area contributed by atoms with E-state index in [1.165, 1.54) is 19.2 Å². The quantitative estimate of drug-likeness (QED) is 0.579. The average molecular weight is 391 g/mol. The van der Waals surface area contributed by atoms with Gasteiger partial charge in [-0.2, -0.15) is 0 Å². The minimum absolute atomic E-state index is 0.0445. The van der Waals surface area contributed by atoms with Crippen LogP contribution in [0.2, 0.25) is 0 Å². The van der Waals surface area contributed by atoms with E-state index in [1.54, 1.807) is 28.0 Å². The first-order valence-corrected chi connectivity index (χ1v) is 8.68. The molecule has 1 saturated heterocycles. The highest BCUT2D eigenvalue weighted by Gasteiger charge is 2.28. The van der Waals surface area contributed by atoms with E-state index in [0.717, 1.165) is 6.07 Å². The maximum Gasteiger partial charge on any atom is 0.295 e. The van der Waals surface area contributed by atoms with Crippen LogP contribution in [0, 0.1) is 21.7 Å². The summed E-state index contributed by atoms with van der Waals surface area (Å²) in [7, 11) is 1.29. The van der Waals surface area contributed by atoms with Crippen molar-refractivity contribution in [1.82, 2.24) is 4.90 Å². The zero-order valence-corrected chi connectivity index (χ0v) is 15.2. The van der Waals surface area contributed by atoms with Crippen molar-refractivity contribution >= 4 is 17.3 Å². The van der Waals surface area contributed by atoms with Crippen LogP contribution in [0.15, 0.2) is 36.4 Å². The van der Waals surface area contributed by atoms with Gasteiger partial charge in [-0.25, -0.2) is 8.78 Å². The van der Waals surface area contributed by atoms with Crippen molar-refractivity contribution in [2.45, 2.75) is 6.42 Å². The Morgan fingerprint density at radius 2 is 1.82 bits per heavy atom. The predicted molar refractivity (Wildman–Crippen MR) is 98.5 cm³/mol. The fourth-order valence-corrected chi connectivity index (χ4v) is 3.20. The summed E-state index contributed by atoms with van der Waals surface area (Å²) in [6.07, 6.45) is -0.0445. The van der Waals surface area contributed by atoms with Crippen LogP contribution in [0.3, 0.4) is 0 Å². The number of methoxy groups -OCH3 is 1. The van der Waals surface area contributed by atoms with Gasteiger partial charge in [0.05, 0.1) is 24.5 Å². The van der Waals surface area contributed by atoms with Gasteiger partial charge < -0.3 is 14.5 Å². The molecule has 1 amide bonds. The molecule has 9 heteroatoms. The maximum absolute atomic E-state index is 13.8. The molecule has 1 aliphatic heterocycles. The predicted octanol–water partition coefficient (Wildman–Crippen LogP) is 2.77. The zero-order valence-electron chi connectivity index (χ0n) is 15.2. The van der Waals surface area contributed by atoms with Crippen LogP contribution >= 0.6 is 0 Å². The van der Waals surface area contributed by atoms with Crippen molar-refractivity contribution in [3.05, 3.63) is 63.7 Å². The highest BCUT2D eigenvalue weighted by Crippen LogP contribution is 2.35. The van der Waals surface area contributed by atoms with Gasteiger partial charge in [0, 0.05) is 32.2 Å². The normalized spacial score (nSPS) is 14.1. The minimum Gasteiger partial charge on any atom is -0.494 e. The van der Waals surface area contributed by atoms with E-state index in [9.17, 15) is 23.7 Å². The number of hydrogen-bond acceptors (Lipinski definition) is 5. The molecule has 1 heterocycles. The second kappa shape index (κ2) is 8.20. The van der Waals surface area contributed by atoms with Crippen LogP contribution in [0.4, 0.5) is 20.2 Å². The summed E-state index contributed by atoms with van der Waals surface area (Å²) < 4.78 is 32.5. The number of carbonyl (C=O) groups is 1. The van der Waals surface area contributed by atoms with Gasteiger partial charge in [0.25, 0.3) is 5.69 Å². The van der Waals surface area contributed by atoms with Gasteiger partial charge in [-0.1, -0.05) is 18.2 Å². The first-order valence-electron chi connectivity index (χ1n) is 8.68. The van der Waals surface area contributed by atoms with Gasteiger partial charge in [-0.3, -0.25) is 14.9 Å². The molecule has 7 nitrogen and oxygen atoms in total. The minimum atomic E-state index is -0.809. The summed E-state index contributed by atoms with van der Waals surface area (Å²) >= 11 is 0. The molecular weight excluding hydrogens is 372 g/mol. The van der Waals surface area contributed by atoms with E-state index in [-0.39, 0.29) is 29.5 Å². The third-order valence-corrected chi connectivity index (χ3v) is 4.72. The van der Waals surface area contributed by atoms with Crippen molar-refractivity contribution in [3.8, 4) is 5.75 Å². The van der Waals surface area contributed by atoms with Gasteiger partial charge in [-0.15, -0.1) is 0 Å². The van der Waals surface area contributed by atoms with Crippen molar-refractivity contribution < 1.29 is 23.2 Å². The van der Waals surface area contributed by atoms with Crippen LogP contribution in [0.5, 0.6) is 5.75 Å². The highest BCUT2D eigenvalue weighted by molar-refractivity contribution is 5.79. The lowest BCUT2D eigenvalue weighted by molar-refractivity contribution is -0.384. The summed E-state index contributed by atoms with van der Waals surface area (Å²) in [6.45, 7) is 1.31. The number of benzene rings is 2.